The second-order valence-corrected chi connectivity index (χ2v) is 5.02. The summed E-state index contributed by atoms with van der Waals surface area (Å²) in [5.74, 6) is -0.0263. The Bertz CT molecular complexity index is 635. The van der Waals surface area contributed by atoms with E-state index in [1.165, 1.54) is 0 Å². The fraction of sp³-hybridized carbons (Fsp3) is 0.154. The smallest absolute Gasteiger partial charge is 0.268 e. The maximum Gasteiger partial charge on any atom is 0.268 e. The molecule has 0 saturated carbocycles. The number of fused-ring (bicyclic) bond motifs is 4. The number of halogens is 1. The normalized spacial score (nSPS) is 23.5. The fourth-order valence-electron chi connectivity index (χ4n) is 2.76. The SMILES string of the molecule is O=C1NC2=C(Cc3cc(Cl)ccc32)N2C=CNC12. The lowest BCUT2D eigenvalue weighted by Crippen LogP contribution is -2.51. The number of nitrogens with zero attached hydrogens (tertiary/aromatic N) is 1. The first-order chi connectivity index (χ1) is 8.74. The van der Waals surface area contributed by atoms with Crippen LogP contribution in [0.2, 0.25) is 5.02 Å². The van der Waals surface area contributed by atoms with E-state index in [1.54, 1.807) is 6.20 Å². The van der Waals surface area contributed by atoms with Gasteiger partial charge in [0.1, 0.15) is 0 Å². The second kappa shape index (κ2) is 3.29. The quantitative estimate of drug-likeness (QED) is 0.740. The van der Waals surface area contributed by atoms with Gasteiger partial charge in [-0.3, -0.25) is 4.79 Å². The first-order valence-corrected chi connectivity index (χ1v) is 6.16. The largest absolute Gasteiger partial charge is 0.362 e. The number of rotatable bonds is 0. The van der Waals surface area contributed by atoms with Gasteiger partial charge in [0.2, 0.25) is 0 Å². The number of nitrogens with one attached hydrogen (secondary N) is 2. The van der Waals surface area contributed by atoms with Crippen LogP contribution in [0.4, 0.5) is 0 Å². The molecule has 18 heavy (non-hydrogen) atoms. The topological polar surface area (TPSA) is 44.4 Å². The van der Waals surface area contributed by atoms with Gasteiger partial charge < -0.3 is 15.5 Å². The lowest BCUT2D eigenvalue weighted by Gasteiger charge is -2.31. The predicted octanol–water partition coefficient (Wildman–Crippen LogP) is 1.40. The van der Waals surface area contributed by atoms with E-state index >= 15 is 0 Å². The van der Waals surface area contributed by atoms with E-state index in [0.29, 0.717) is 0 Å². The average molecular weight is 260 g/mol. The van der Waals surface area contributed by atoms with Gasteiger partial charge in [-0.25, -0.2) is 0 Å². The zero-order valence-corrected chi connectivity index (χ0v) is 10.2. The lowest BCUT2D eigenvalue weighted by atomic mass is 10.1. The number of benzene rings is 1. The molecular formula is C13H10ClN3O. The minimum atomic E-state index is -0.312. The molecular weight excluding hydrogens is 250 g/mol. The number of amides is 1. The maximum atomic E-state index is 12.0. The van der Waals surface area contributed by atoms with Crippen molar-refractivity contribution in [1.29, 1.82) is 0 Å². The van der Waals surface area contributed by atoms with E-state index in [9.17, 15) is 4.79 Å². The van der Waals surface area contributed by atoms with Gasteiger partial charge in [0, 0.05) is 35.1 Å². The number of allylic oxidation sites excluding steroid dienone is 1. The highest BCUT2D eigenvalue weighted by Crippen LogP contribution is 2.38. The first-order valence-electron chi connectivity index (χ1n) is 5.78. The number of hydrogen-bond acceptors (Lipinski definition) is 3. The summed E-state index contributed by atoms with van der Waals surface area (Å²) in [6, 6.07) is 5.78. The third kappa shape index (κ3) is 1.18. The zero-order chi connectivity index (χ0) is 12.3. The van der Waals surface area contributed by atoms with Crippen molar-refractivity contribution in [2.45, 2.75) is 12.6 Å². The Kier molecular flexibility index (Phi) is 1.84. The molecule has 1 aromatic rings. The van der Waals surface area contributed by atoms with E-state index in [1.807, 2.05) is 29.3 Å². The summed E-state index contributed by atoms with van der Waals surface area (Å²) in [7, 11) is 0. The highest BCUT2D eigenvalue weighted by Gasteiger charge is 2.39. The van der Waals surface area contributed by atoms with E-state index < -0.39 is 0 Å². The molecule has 0 saturated heterocycles. The average Bonchev–Trinajstić information content (AvgIpc) is 2.93. The van der Waals surface area contributed by atoms with Gasteiger partial charge in [-0.15, -0.1) is 0 Å². The molecule has 0 spiro atoms. The summed E-state index contributed by atoms with van der Waals surface area (Å²) >= 11 is 6.01. The Morgan fingerprint density at radius 2 is 2.28 bits per heavy atom. The molecule has 1 amide bonds. The van der Waals surface area contributed by atoms with Crippen LogP contribution in [-0.2, 0) is 11.2 Å². The molecule has 0 aromatic heterocycles. The minimum absolute atomic E-state index is 0.0263. The van der Waals surface area contributed by atoms with Gasteiger partial charge in [-0.1, -0.05) is 17.7 Å². The number of carbonyl (C=O) groups is 1. The summed E-state index contributed by atoms with van der Waals surface area (Å²) < 4.78 is 0. The third-order valence-electron chi connectivity index (χ3n) is 3.56. The number of carbonyl (C=O) groups excluding carboxylic acids is 1. The van der Waals surface area contributed by atoms with Crippen molar-refractivity contribution in [1.82, 2.24) is 15.5 Å². The van der Waals surface area contributed by atoms with E-state index in [-0.39, 0.29) is 12.1 Å². The molecule has 2 N–H and O–H groups in total. The van der Waals surface area contributed by atoms with Gasteiger partial charge >= 0.3 is 0 Å². The summed E-state index contributed by atoms with van der Waals surface area (Å²) in [4.78, 5) is 14.0. The Labute approximate surface area is 109 Å². The van der Waals surface area contributed by atoms with Crippen LogP contribution < -0.4 is 10.6 Å². The van der Waals surface area contributed by atoms with Crippen molar-refractivity contribution in [2.75, 3.05) is 0 Å². The van der Waals surface area contributed by atoms with Crippen molar-refractivity contribution in [3.05, 3.63) is 52.4 Å². The molecule has 5 heteroatoms. The van der Waals surface area contributed by atoms with E-state index in [2.05, 4.69) is 10.6 Å². The number of hydrogen-bond donors (Lipinski definition) is 2. The van der Waals surface area contributed by atoms with Crippen LogP contribution in [0.5, 0.6) is 0 Å². The Hall–Kier alpha value is -1.94. The third-order valence-corrected chi connectivity index (χ3v) is 3.79. The monoisotopic (exact) mass is 259 g/mol. The van der Waals surface area contributed by atoms with Crippen LogP contribution in [0.3, 0.4) is 0 Å². The molecule has 1 unspecified atom stereocenters. The summed E-state index contributed by atoms with van der Waals surface area (Å²) in [6.45, 7) is 0. The van der Waals surface area contributed by atoms with Crippen LogP contribution in [0, 0.1) is 0 Å². The molecule has 90 valence electrons. The van der Waals surface area contributed by atoms with Crippen LogP contribution in [0.25, 0.3) is 5.70 Å². The van der Waals surface area contributed by atoms with E-state index in [4.69, 9.17) is 11.6 Å². The lowest BCUT2D eigenvalue weighted by molar-refractivity contribution is -0.124. The molecule has 1 aliphatic carbocycles. The zero-order valence-electron chi connectivity index (χ0n) is 9.40. The van der Waals surface area contributed by atoms with Crippen LogP contribution in [0.1, 0.15) is 11.1 Å². The highest BCUT2D eigenvalue weighted by molar-refractivity contribution is 6.30. The van der Waals surface area contributed by atoms with E-state index in [0.717, 1.165) is 34.0 Å². The minimum Gasteiger partial charge on any atom is -0.362 e. The van der Waals surface area contributed by atoms with Gasteiger partial charge in [-0.05, 0) is 17.7 Å². The summed E-state index contributed by atoms with van der Waals surface area (Å²) in [5.41, 5.74) is 4.27. The Morgan fingerprint density at radius 1 is 1.39 bits per heavy atom. The molecule has 0 radical (unpaired) electrons. The van der Waals surface area contributed by atoms with Crippen LogP contribution in [0.15, 0.2) is 36.3 Å². The molecule has 2 heterocycles. The van der Waals surface area contributed by atoms with Gasteiger partial charge in [-0.2, -0.15) is 0 Å². The molecule has 4 rings (SSSR count). The van der Waals surface area contributed by atoms with Crippen molar-refractivity contribution < 1.29 is 4.79 Å². The molecule has 1 atom stereocenters. The molecule has 2 aliphatic heterocycles. The van der Waals surface area contributed by atoms with Crippen molar-refractivity contribution in [3.63, 3.8) is 0 Å². The van der Waals surface area contributed by atoms with Crippen molar-refractivity contribution in [2.24, 2.45) is 0 Å². The standard InChI is InChI=1S/C13H10ClN3O/c14-8-1-2-9-7(5-8)6-10-11(9)16-13(18)12-15-3-4-17(10)12/h1-5,12,15H,6H2,(H,16,18). The van der Waals surface area contributed by atoms with Gasteiger partial charge in [0.25, 0.3) is 5.91 Å². The summed E-state index contributed by atoms with van der Waals surface area (Å²) in [6.07, 6.45) is 4.20. The molecule has 1 aromatic carbocycles. The fourth-order valence-corrected chi connectivity index (χ4v) is 2.95. The van der Waals surface area contributed by atoms with Crippen LogP contribution >= 0.6 is 11.6 Å². The molecule has 0 fully saturated rings. The molecule has 0 bridgehead atoms. The van der Waals surface area contributed by atoms with Gasteiger partial charge in [0.05, 0.1) is 5.70 Å². The van der Waals surface area contributed by atoms with Gasteiger partial charge in [0.15, 0.2) is 6.17 Å². The second-order valence-electron chi connectivity index (χ2n) is 4.58. The Morgan fingerprint density at radius 3 is 3.17 bits per heavy atom. The molecule has 3 aliphatic rings. The maximum absolute atomic E-state index is 12.0. The predicted molar refractivity (Wildman–Crippen MR) is 68.1 cm³/mol. The van der Waals surface area contributed by atoms with Crippen molar-refractivity contribution >= 4 is 23.2 Å². The highest BCUT2D eigenvalue weighted by atomic mass is 35.5. The summed E-state index contributed by atoms with van der Waals surface area (Å²) in [5, 5.41) is 6.74. The molecule has 4 nitrogen and oxygen atoms in total. The Balaban J connectivity index is 1.86. The van der Waals surface area contributed by atoms with Crippen molar-refractivity contribution in [3.8, 4) is 0 Å². The first kappa shape index (κ1) is 10.0. The van der Waals surface area contributed by atoms with Crippen LogP contribution in [-0.4, -0.2) is 17.0 Å².